The van der Waals surface area contributed by atoms with Crippen molar-refractivity contribution in [3.63, 3.8) is 0 Å². The second-order valence-corrected chi connectivity index (χ2v) is 3.82. The Hall–Kier alpha value is -1.25. The molecule has 0 atom stereocenters. The number of hydrogen-bond donors (Lipinski definition) is 0. The Bertz CT molecular complexity index is 332. The van der Waals surface area contributed by atoms with Crippen LogP contribution in [-0.4, -0.2) is 13.2 Å². The maximum Gasteiger partial charge on any atom is 0.168 e. The smallest absolute Gasteiger partial charge is 0.168 e. The van der Waals surface area contributed by atoms with Gasteiger partial charge >= 0.3 is 0 Å². The average Bonchev–Trinajstić information content (AvgIpc) is 2.74. The van der Waals surface area contributed by atoms with Gasteiger partial charge < -0.3 is 9.47 Å². The van der Waals surface area contributed by atoms with Crippen LogP contribution in [0.2, 0.25) is 0 Å². The molecule has 0 aliphatic heterocycles. The van der Waals surface area contributed by atoms with E-state index in [-0.39, 0.29) is 11.9 Å². The highest BCUT2D eigenvalue weighted by Gasteiger charge is 2.18. The Labute approximate surface area is 89.0 Å². The van der Waals surface area contributed by atoms with Crippen LogP contribution >= 0.6 is 0 Å². The zero-order valence-corrected chi connectivity index (χ0v) is 8.83. The van der Waals surface area contributed by atoms with Gasteiger partial charge in [-0.25, -0.2) is 4.39 Å². The Balaban J connectivity index is 2.07. The fraction of sp³-hybridized carbons (Fsp3) is 0.500. The number of hydrogen-bond acceptors (Lipinski definition) is 2. The quantitative estimate of drug-likeness (QED) is 0.763. The first-order valence-electron chi connectivity index (χ1n) is 5.30. The van der Waals surface area contributed by atoms with E-state index >= 15 is 0 Å². The monoisotopic (exact) mass is 210 g/mol. The Kier molecular flexibility index (Phi) is 3.09. The van der Waals surface area contributed by atoms with E-state index in [4.69, 9.17) is 9.47 Å². The predicted molar refractivity (Wildman–Crippen MR) is 55.8 cm³/mol. The third-order valence-electron chi connectivity index (χ3n) is 2.73. The molecule has 0 radical (unpaired) electrons. The summed E-state index contributed by atoms with van der Waals surface area (Å²) in [7, 11) is 1.52. The van der Waals surface area contributed by atoms with Gasteiger partial charge in [-0.3, -0.25) is 0 Å². The van der Waals surface area contributed by atoms with Crippen LogP contribution in [0, 0.1) is 5.82 Å². The minimum atomic E-state index is -0.346. The fourth-order valence-electron chi connectivity index (χ4n) is 1.89. The Morgan fingerprint density at radius 3 is 2.60 bits per heavy atom. The van der Waals surface area contributed by atoms with Crippen LogP contribution in [-0.2, 0) is 0 Å². The molecule has 0 bridgehead atoms. The highest BCUT2D eigenvalue weighted by molar-refractivity contribution is 5.33. The summed E-state index contributed by atoms with van der Waals surface area (Å²) in [5, 5.41) is 0. The van der Waals surface area contributed by atoms with Crippen molar-refractivity contribution in [2.75, 3.05) is 7.11 Å². The molecule has 0 heterocycles. The molecule has 2 rings (SSSR count). The first kappa shape index (κ1) is 10.3. The van der Waals surface area contributed by atoms with Crippen molar-refractivity contribution < 1.29 is 13.9 Å². The number of benzene rings is 1. The first-order chi connectivity index (χ1) is 7.29. The fourth-order valence-corrected chi connectivity index (χ4v) is 1.89. The summed E-state index contributed by atoms with van der Waals surface area (Å²) >= 11 is 0. The van der Waals surface area contributed by atoms with Gasteiger partial charge in [-0.1, -0.05) is 0 Å². The Morgan fingerprint density at radius 2 is 2.00 bits per heavy atom. The van der Waals surface area contributed by atoms with E-state index in [0.717, 1.165) is 12.8 Å². The first-order valence-corrected chi connectivity index (χ1v) is 5.30. The van der Waals surface area contributed by atoms with Gasteiger partial charge in [0.25, 0.3) is 0 Å². The van der Waals surface area contributed by atoms with Crippen LogP contribution in [0.4, 0.5) is 4.39 Å². The molecule has 82 valence electrons. The lowest BCUT2D eigenvalue weighted by Crippen LogP contribution is -2.11. The third kappa shape index (κ3) is 2.41. The van der Waals surface area contributed by atoms with E-state index < -0.39 is 0 Å². The lowest BCUT2D eigenvalue weighted by molar-refractivity contribution is 0.200. The molecule has 1 aromatic rings. The van der Waals surface area contributed by atoms with E-state index in [1.807, 2.05) is 0 Å². The predicted octanol–water partition coefficient (Wildman–Crippen LogP) is 3.16. The summed E-state index contributed by atoms with van der Waals surface area (Å²) in [6.07, 6.45) is 4.62. The minimum Gasteiger partial charge on any atom is -0.497 e. The van der Waals surface area contributed by atoms with Crippen molar-refractivity contribution in [1.82, 2.24) is 0 Å². The summed E-state index contributed by atoms with van der Waals surface area (Å²) in [4.78, 5) is 0. The van der Waals surface area contributed by atoms with Gasteiger partial charge in [0.15, 0.2) is 11.6 Å². The number of rotatable bonds is 3. The van der Waals surface area contributed by atoms with Crippen molar-refractivity contribution in [3.05, 3.63) is 24.0 Å². The SMILES string of the molecule is COc1ccc(OC2CCCC2)c(F)c1. The number of halogens is 1. The molecule has 3 heteroatoms. The average molecular weight is 210 g/mol. The van der Waals surface area contributed by atoms with Crippen LogP contribution in [0.25, 0.3) is 0 Å². The highest BCUT2D eigenvalue weighted by atomic mass is 19.1. The molecule has 15 heavy (non-hydrogen) atoms. The molecule has 1 saturated carbocycles. The normalized spacial score (nSPS) is 16.7. The van der Waals surface area contributed by atoms with Crippen molar-refractivity contribution in [2.45, 2.75) is 31.8 Å². The Morgan fingerprint density at radius 1 is 1.27 bits per heavy atom. The third-order valence-corrected chi connectivity index (χ3v) is 2.73. The molecular weight excluding hydrogens is 195 g/mol. The van der Waals surface area contributed by atoms with E-state index in [2.05, 4.69) is 0 Å². The molecule has 0 N–H and O–H groups in total. The maximum atomic E-state index is 13.5. The molecule has 1 aromatic carbocycles. The second kappa shape index (κ2) is 4.51. The van der Waals surface area contributed by atoms with Gasteiger partial charge in [-0.2, -0.15) is 0 Å². The van der Waals surface area contributed by atoms with Crippen LogP contribution in [0.5, 0.6) is 11.5 Å². The van der Waals surface area contributed by atoms with Gasteiger partial charge in [0.1, 0.15) is 5.75 Å². The molecular formula is C12H15FO2. The summed E-state index contributed by atoms with van der Waals surface area (Å²) < 4.78 is 24.0. The molecule has 1 aliphatic rings. The van der Waals surface area contributed by atoms with Gasteiger partial charge in [0.2, 0.25) is 0 Å². The largest absolute Gasteiger partial charge is 0.497 e. The van der Waals surface area contributed by atoms with Crippen molar-refractivity contribution in [1.29, 1.82) is 0 Å². The van der Waals surface area contributed by atoms with Crippen molar-refractivity contribution in [2.24, 2.45) is 0 Å². The van der Waals surface area contributed by atoms with Gasteiger partial charge in [0.05, 0.1) is 13.2 Å². The molecule has 0 amide bonds. The topological polar surface area (TPSA) is 18.5 Å². The van der Waals surface area contributed by atoms with Gasteiger partial charge in [-0.15, -0.1) is 0 Å². The van der Waals surface area contributed by atoms with E-state index in [9.17, 15) is 4.39 Å². The zero-order valence-electron chi connectivity index (χ0n) is 8.83. The van der Waals surface area contributed by atoms with Crippen LogP contribution in [0.3, 0.4) is 0 Å². The van der Waals surface area contributed by atoms with Gasteiger partial charge in [0, 0.05) is 6.07 Å². The molecule has 2 nitrogen and oxygen atoms in total. The number of ether oxygens (including phenoxy) is 2. The second-order valence-electron chi connectivity index (χ2n) is 3.82. The van der Waals surface area contributed by atoms with Crippen molar-refractivity contribution in [3.8, 4) is 11.5 Å². The molecule has 0 saturated heterocycles. The molecule has 1 aliphatic carbocycles. The molecule has 1 fully saturated rings. The summed E-state index contributed by atoms with van der Waals surface area (Å²) in [5.74, 6) is 0.509. The highest BCUT2D eigenvalue weighted by Crippen LogP contribution is 2.27. The van der Waals surface area contributed by atoms with E-state index in [1.165, 1.54) is 26.0 Å². The van der Waals surface area contributed by atoms with Crippen LogP contribution in [0.1, 0.15) is 25.7 Å². The van der Waals surface area contributed by atoms with Crippen LogP contribution < -0.4 is 9.47 Å². The number of methoxy groups -OCH3 is 1. The summed E-state index contributed by atoms with van der Waals surface area (Å²) in [6, 6.07) is 4.70. The summed E-state index contributed by atoms with van der Waals surface area (Å²) in [6.45, 7) is 0. The summed E-state index contributed by atoms with van der Waals surface area (Å²) in [5.41, 5.74) is 0. The zero-order chi connectivity index (χ0) is 10.7. The lowest BCUT2D eigenvalue weighted by Gasteiger charge is -2.13. The van der Waals surface area contributed by atoms with E-state index in [0.29, 0.717) is 11.5 Å². The minimum absolute atomic E-state index is 0.188. The van der Waals surface area contributed by atoms with Gasteiger partial charge in [-0.05, 0) is 37.8 Å². The van der Waals surface area contributed by atoms with Crippen LogP contribution in [0.15, 0.2) is 18.2 Å². The standard InChI is InChI=1S/C12H15FO2/c1-14-10-6-7-12(11(13)8-10)15-9-4-2-3-5-9/h6-9H,2-5H2,1H3. The molecule has 0 spiro atoms. The van der Waals surface area contributed by atoms with E-state index in [1.54, 1.807) is 12.1 Å². The lowest BCUT2D eigenvalue weighted by atomic mass is 10.3. The maximum absolute atomic E-state index is 13.5. The molecule has 0 unspecified atom stereocenters. The van der Waals surface area contributed by atoms with Crippen molar-refractivity contribution >= 4 is 0 Å². The molecule has 0 aromatic heterocycles.